The van der Waals surface area contributed by atoms with Crippen LogP contribution >= 0.6 is 11.3 Å². The van der Waals surface area contributed by atoms with E-state index >= 15 is 0 Å². The molecule has 0 bridgehead atoms. The molecule has 1 N–H and O–H groups in total. The van der Waals surface area contributed by atoms with Crippen LogP contribution < -0.4 is 0 Å². The van der Waals surface area contributed by atoms with Crippen LogP contribution in [0.3, 0.4) is 0 Å². The van der Waals surface area contributed by atoms with E-state index in [0.29, 0.717) is 18.8 Å². The summed E-state index contributed by atoms with van der Waals surface area (Å²) in [5, 5.41) is 9.30. The molecule has 1 fully saturated rings. The third-order valence-corrected chi connectivity index (χ3v) is 6.30. The molecule has 1 aliphatic rings. The molecular formula is C21H21N5OS. The first kappa shape index (κ1) is 17.3. The lowest BCUT2D eigenvalue weighted by atomic mass is 10.1. The number of carbonyl (C=O) groups is 1. The van der Waals surface area contributed by atoms with Crippen LogP contribution in [0.1, 0.15) is 21.1 Å². The molecule has 0 spiro atoms. The van der Waals surface area contributed by atoms with E-state index in [1.807, 2.05) is 36.1 Å². The predicted octanol–water partition coefficient (Wildman–Crippen LogP) is 3.44. The van der Waals surface area contributed by atoms with Gasteiger partial charge in [-0.1, -0.05) is 23.8 Å². The van der Waals surface area contributed by atoms with E-state index in [4.69, 9.17) is 4.98 Å². The van der Waals surface area contributed by atoms with Crippen LogP contribution in [0.25, 0.3) is 21.1 Å². The molecule has 0 atom stereocenters. The first-order chi connectivity index (χ1) is 13.7. The summed E-state index contributed by atoms with van der Waals surface area (Å²) in [5.41, 5.74) is 3.63. The zero-order chi connectivity index (χ0) is 19.1. The van der Waals surface area contributed by atoms with Crippen LogP contribution in [0, 0.1) is 6.92 Å². The minimum atomic E-state index is 0.0106. The molecule has 1 saturated heterocycles. The maximum Gasteiger partial charge on any atom is 0.275 e. The summed E-state index contributed by atoms with van der Waals surface area (Å²) in [6.45, 7) is 5.99. The number of thiazole rings is 1. The molecule has 0 saturated carbocycles. The second-order valence-corrected chi connectivity index (χ2v) is 8.38. The number of aromatic nitrogens is 3. The van der Waals surface area contributed by atoms with Gasteiger partial charge in [-0.15, -0.1) is 11.3 Å². The smallest absolute Gasteiger partial charge is 0.275 e. The summed E-state index contributed by atoms with van der Waals surface area (Å²) in [4.78, 5) is 22.0. The monoisotopic (exact) mass is 391 g/mol. The van der Waals surface area contributed by atoms with Crippen molar-refractivity contribution in [3.05, 3.63) is 58.7 Å². The lowest BCUT2D eigenvalue weighted by Gasteiger charge is -2.33. The van der Waals surface area contributed by atoms with Crippen molar-refractivity contribution in [2.75, 3.05) is 26.2 Å². The first-order valence-corrected chi connectivity index (χ1v) is 10.3. The van der Waals surface area contributed by atoms with Crippen molar-refractivity contribution in [3.63, 3.8) is 0 Å². The molecule has 0 radical (unpaired) electrons. The van der Waals surface area contributed by atoms with E-state index in [1.165, 1.54) is 4.70 Å². The zero-order valence-electron chi connectivity index (χ0n) is 15.7. The second-order valence-electron chi connectivity index (χ2n) is 7.26. The highest BCUT2D eigenvalue weighted by Crippen LogP contribution is 2.24. The Morgan fingerprint density at radius 3 is 2.79 bits per heavy atom. The number of rotatable bonds is 3. The number of nitrogens with one attached hydrogen (secondary N) is 1. The number of para-hydroxylation sites is 1. The molecular weight excluding hydrogens is 370 g/mol. The number of hydrogen-bond acceptors (Lipinski definition) is 5. The number of nitrogens with zero attached hydrogens (tertiary/aromatic N) is 4. The van der Waals surface area contributed by atoms with Crippen molar-refractivity contribution in [1.29, 1.82) is 0 Å². The molecule has 7 heteroatoms. The number of aryl methyl sites for hydroxylation is 1. The molecule has 1 amide bonds. The fourth-order valence-electron chi connectivity index (χ4n) is 3.73. The summed E-state index contributed by atoms with van der Waals surface area (Å²) >= 11 is 1.75. The Labute approximate surface area is 166 Å². The molecule has 2 aromatic carbocycles. The number of aromatic amines is 1. The van der Waals surface area contributed by atoms with Crippen molar-refractivity contribution in [2.45, 2.75) is 13.5 Å². The van der Waals surface area contributed by atoms with Gasteiger partial charge in [0.1, 0.15) is 5.01 Å². The fourth-order valence-corrected chi connectivity index (χ4v) is 4.74. The summed E-state index contributed by atoms with van der Waals surface area (Å²) in [5.74, 6) is 0.0106. The van der Waals surface area contributed by atoms with Gasteiger partial charge in [-0.2, -0.15) is 5.10 Å². The van der Waals surface area contributed by atoms with Gasteiger partial charge in [-0.05, 0) is 31.2 Å². The van der Waals surface area contributed by atoms with Gasteiger partial charge in [-0.3, -0.25) is 14.8 Å². The minimum Gasteiger partial charge on any atom is -0.335 e. The zero-order valence-corrected chi connectivity index (χ0v) is 16.5. The van der Waals surface area contributed by atoms with Crippen molar-refractivity contribution in [3.8, 4) is 0 Å². The second kappa shape index (κ2) is 7.00. The van der Waals surface area contributed by atoms with Crippen LogP contribution in [-0.4, -0.2) is 57.1 Å². The molecule has 28 heavy (non-hydrogen) atoms. The third kappa shape index (κ3) is 3.16. The normalized spacial score (nSPS) is 15.5. The number of fused-ring (bicyclic) bond motifs is 2. The van der Waals surface area contributed by atoms with E-state index < -0.39 is 0 Å². The summed E-state index contributed by atoms with van der Waals surface area (Å²) < 4.78 is 1.23. The number of hydrogen-bond donors (Lipinski definition) is 1. The highest BCUT2D eigenvalue weighted by atomic mass is 32.1. The maximum absolute atomic E-state index is 13.0. The van der Waals surface area contributed by atoms with Gasteiger partial charge in [0, 0.05) is 31.6 Å². The van der Waals surface area contributed by atoms with Gasteiger partial charge in [-0.25, -0.2) is 4.98 Å². The van der Waals surface area contributed by atoms with Crippen molar-refractivity contribution >= 4 is 38.4 Å². The molecule has 3 heterocycles. The minimum absolute atomic E-state index is 0.0106. The van der Waals surface area contributed by atoms with Crippen molar-refractivity contribution in [1.82, 2.24) is 25.0 Å². The molecule has 0 unspecified atom stereocenters. The van der Waals surface area contributed by atoms with E-state index in [2.05, 4.69) is 33.3 Å². The fraction of sp³-hybridized carbons (Fsp3) is 0.286. The number of amides is 1. The molecule has 4 aromatic rings. The van der Waals surface area contributed by atoms with Gasteiger partial charge < -0.3 is 4.90 Å². The average Bonchev–Trinajstić information content (AvgIpc) is 3.31. The topological polar surface area (TPSA) is 65.1 Å². The molecule has 6 nitrogen and oxygen atoms in total. The van der Waals surface area contributed by atoms with Gasteiger partial charge in [0.05, 0.1) is 22.3 Å². The Morgan fingerprint density at radius 1 is 1.14 bits per heavy atom. The Kier molecular flexibility index (Phi) is 4.33. The number of H-pyrrole nitrogens is 1. The predicted molar refractivity (Wildman–Crippen MR) is 112 cm³/mol. The largest absolute Gasteiger partial charge is 0.335 e. The van der Waals surface area contributed by atoms with Gasteiger partial charge in [0.15, 0.2) is 5.69 Å². The molecule has 2 aromatic heterocycles. The summed E-state index contributed by atoms with van der Waals surface area (Å²) in [7, 11) is 0. The lowest BCUT2D eigenvalue weighted by molar-refractivity contribution is 0.0624. The van der Waals surface area contributed by atoms with E-state index in [1.54, 1.807) is 11.3 Å². The van der Waals surface area contributed by atoms with Crippen molar-refractivity contribution < 1.29 is 4.79 Å². The Bertz CT molecular complexity index is 1120. The molecule has 142 valence electrons. The molecule has 1 aliphatic heterocycles. The van der Waals surface area contributed by atoms with E-state index in [0.717, 1.165) is 46.6 Å². The van der Waals surface area contributed by atoms with Gasteiger partial charge in [0.2, 0.25) is 0 Å². The van der Waals surface area contributed by atoms with Crippen LogP contribution in [0.5, 0.6) is 0 Å². The number of benzene rings is 2. The van der Waals surface area contributed by atoms with Crippen LogP contribution in [-0.2, 0) is 6.54 Å². The quantitative estimate of drug-likeness (QED) is 0.581. The lowest BCUT2D eigenvalue weighted by Crippen LogP contribution is -2.48. The van der Waals surface area contributed by atoms with Crippen LogP contribution in [0.2, 0.25) is 0 Å². The highest BCUT2D eigenvalue weighted by Gasteiger charge is 2.25. The SMILES string of the molecule is Cc1ccc2[nH]nc(C(=O)N3CCN(Cc4nc5ccccc5s4)CC3)c2c1. The standard InChI is InChI=1S/C21H21N5OS/c1-14-6-7-16-15(12-14)20(24-23-16)21(27)26-10-8-25(9-11-26)13-19-22-17-4-2-3-5-18(17)28-19/h2-7,12H,8-11,13H2,1H3,(H,23,24). The highest BCUT2D eigenvalue weighted by molar-refractivity contribution is 7.18. The number of carbonyl (C=O) groups excluding carboxylic acids is 1. The Balaban J connectivity index is 1.26. The average molecular weight is 392 g/mol. The van der Waals surface area contributed by atoms with Gasteiger partial charge in [0.25, 0.3) is 5.91 Å². The van der Waals surface area contributed by atoms with Gasteiger partial charge >= 0.3 is 0 Å². The first-order valence-electron chi connectivity index (χ1n) is 9.48. The van der Waals surface area contributed by atoms with E-state index in [9.17, 15) is 4.79 Å². The third-order valence-electron chi connectivity index (χ3n) is 5.28. The Morgan fingerprint density at radius 2 is 1.96 bits per heavy atom. The van der Waals surface area contributed by atoms with Crippen molar-refractivity contribution in [2.24, 2.45) is 0 Å². The van der Waals surface area contributed by atoms with E-state index in [-0.39, 0.29) is 5.91 Å². The summed E-state index contributed by atoms with van der Waals surface area (Å²) in [6.07, 6.45) is 0. The summed E-state index contributed by atoms with van der Waals surface area (Å²) in [6, 6.07) is 14.3. The number of piperazine rings is 1. The maximum atomic E-state index is 13.0. The molecule has 0 aliphatic carbocycles. The Hall–Kier alpha value is -2.77. The van der Waals surface area contributed by atoms with Crippen LogP contribution in [0.15, 0.2) is 42.5 Å². The van der Waals surface area contributed by atoms with Crippen LogP contribution in [0.4, 0.5) is 0 Å². The molecule has 5 rings (SSSR count).